The summed E-state index contributed by atoms with van der Waals surface area (Å²) in [4.78, 5) is 13.8. The summed E-state index contributed by atoms with van der Waals surface area (Å²) in [6, 6.07) is 26.1. The molecule has 0 spiro atoms. The monoisotopic (exact) mass is 435 g/mol. The Labute approximate surface area is 188 Å². The largest absolute Gasteiger partial charge is 0.489 e. The number of para-hydroxylation sites is 1. The molecule has 1 heterocycles. The number of rotatable bonds is 7. The van der Waals surface area contributed by atoms with Gasteiger partial charge in [0.15, 0.2) is 0 Å². The number of aliphatic carboxylic acids is 1. The highest BCUT2D eigenvalue weighted by atomic mass is 35.5. The van der Waals surface area contributed by atoms with Crippen molar-refractivity contribution in [2.75, 3.05) is 13.1 Å². The van der Waals surface area contributed by atoms with Gasteiger partial charge in [-0.15, -0.1) is 0 Å². The van der Waals surface area contributed by atoms with Crippen LogP contribution in [-0.4, -0.2) is 29.1 Å². The summed E-state index contributed by atoms with van der Waals surface area (Å²) in [5.41, 5.74) is 3.31. The summed E-state index contributed by atoms with van der Waals surface area (Å²) < 4.78 is 6.25. The fourth-order valence-corrected chi connectivity index (χ4v) is 4.34. The SMILES string of the molecule is O=C(O)C1CCN(C(c2ccc(Cl)cc2)c2ccccc2OCc2ccccc2)CC1. The van der Waals surface area contributed by atoms with Gasteiger partial charge in [0.2, 0.25) is 0 Å². The third-order valence-corrected chi connectivity index (χ3v) is 6.13. The number of likely N-dealkylation sites (tertiary alicyclic amines) is 1. The van der Waals surface area contributed by atoms with Crippen molar-refractivity contribution in [1.82, 2.24) is 4.90 Å². The molecule has 1 unspecified atom stereocenters. The maximum absolute atomic E-state index is 11.4. The van der Waals surface area contributed by atoms with Crippen molar-refractivity contribution in [3.05, 3.63) is 101 Å². The molecular formula is C26H26ClNO3. The molecule has 3 aromatic rings. The second kappa shape index (κ2) is 9.99. The molecule has 160 valence electrons. The summed E-state index contributed by atoms with van der Waals surface area (Å²) in [7, 11) is 0. The van der Waals surface area contributed by atoms with Gasteiger partial charge in [-0.05, 0) is 55.3 Å². The molecule has 4 rings (SSSR count). The normalized spacial score (nSPS) is 16.0. The molecule has 0 aromatic heterocycles. The molecule has 0 amide bonds. The third-order valence-electron chi connectivity index (χ3n) is 5.88. The number of carboxylic acid groups (broad SMARTS) is 1. The maximum atomic E-state index is 11.4. The van der Waals surface area contributed by atoms with E-state index in [1.807, 2.05) is 60.7 Å². The highest BCUT2D eigenvalue weighted by molar-refractivity contribution is 6.30. The van der Waals surface area contributed by atoms with Gasteiger partial charge < -0.3 is 9.84 Å². The van der Waals surface area contributed by atoms with Gasteiger partial charge >= 0.3 is 5.97 Å². The molecule has 3 aromatic carbocycles. The molecule has 4 nitrogen and oxygen atoms in total. The minimum Gasteiger partial charge on any atom is -0.489 e. The van der Waals surface area contributed by atoms with Crippen molar-refractivity contribution < 1.29 is 14.6 Å². The van der Waals surface area contributed by atoms with Crippen molar-refractivity contribution in [3.63, 3.8) is 0 Å². The summed E-state index contributed by atoms with van der Waals surface area (Å²) in [6.45, 7) is 1.93. The van der Waals surface area contributed by atoms with Crippen LogP contribution in [0.25, 0.3) is 0 Å². The number of carbonyl (C=O) groups is 1. The quantitative estimate of drug-likeness (QED) is 0.509. The number of benzene rings is 3. The van der Waals surface area contributed by atoms with E-state index in [9.17, 15) is 9.90 Å². The lowest BCUT2D eigenvalue weighted by molar-refractivity contribution is -0.143. The molecule has 1 aliphatic rings. The van der Waals surface area contributed by atoms with E-state index in [2.05, 4.69) is 23.1 Å². The molecule has 0 bridgehead atoms. The van der Waals surface area contributed by atoms with E-state index in [0.717, 1.165) is 35.5 Å². The molecule has 0 radical (unpaired) electrons. The first-order valence-electron chi connectivity index (χ1n) is 10.6. The van der Waals surface area contributed by atoms with Gasteiger partial charge in [-0.25, -0.2) is 0 Å². The second-order valence-electron chi connectivity index (χ2n) is 7.91. The molecule has 1 N–H and O–H groups in total. The topological polar surface area (TPSA) is 49.8 Å². The Kier molecular flexibility index (Phi) is 6.90. The molecule has 1 saturated heterocycles. The highest BCUT2D eigenvalue weighted by Gasteiger charge is 2.31. The van der Waals surface area contributed by atoms with Crippen LogP contribution in [0.4, 0.5) is 0 Å². The van der Waals surface area contributed by atoms with Crippen LogP contribution in [0.1, 0.15) is 35.6 Å². The first-order chi connectivity index (χ1) is 15.1. The lowest BCUT2D eigenvalue weighted by Gasteiger charge is -2.37. The smallest absolute Gasteiger partial charge is 0.306 e. The number of carboxylic acids is 1. The number of ether oxygens (including phenoxy) is 1. The number of piperidine rings is 1. The van der Waals surface area contributed by atoms with Gasteiger partial charge in [-0.1, -0.05) is 72.3 Å². The predicted molar refractivity (Wildman–Crippen MR) is 122 cm³/mol. The molecular weight excluding hydrogens is 410 g/mol. The van der Waals surface area contributed by atoms with Gasteiger partial charge in [-0.2, -0.15) is 0 Å². The molecule has 0 aliphatic carbocycles. The molecule has 0 saturated carbocycles. The molecule has 1 fully saturated rings. The zero-order valence-electron chi connectivity index (χ0n) is 17.3. The highest BCUT2D eigenvalue weighted by Crippen LogP contribution is 2.37. The summed E-state index contributed by atoms with van der Waals surface area (Å²) in [5.74, 6) is -0.132. The fraction of sp³-hybridized carbons (Fsp3) is 0.269. The van der Waals surface area contributed by atoms with Gasteiger partial charge in [0.25, 0.3) is 0 Å². The van der Waals surface area contributed by atoms with Gasteiger partial charge in [0, 0.05) is 10.6 Å². The standard InChI is InChI=1S/C26H26ClNO3/c27-22-12-10-20(11-13-22)25(28-16-14-21(15-17-28)26(29)30)23-8-4-5-9-24(23)31-18-19-6-2-1-3-7-19/h1-13,21,25H,14-18H2,(H,29,30). The van der Waals surface area contributed by atoms with Crippen LogP contribution in [0.15, 0.2) is 78.9 Å². The van der Waals surface area contributed by atoms with Gasteiger partial charge in [0.1, 0.15) is 12.4 Å². The minimum absolute atomic E-state index is 0.0287. The van der Waals surface area contributed by atoms with E-state index < -0.39 is 5.97 Å². The Bertz CT molecular complexity index is 999. The molecule has 1 aliphatic heterocycles. The number of halogens is 1. The number of nitrogens with zero attached hydrogens (tertiary/aromatic N) is 1. The summed E-state index contributed by atoms with van der Waals surface area (Å²) in [5, 5.41) is 10.1. The first kappa shape index (κ1) is 21.4. The lowest BCUT2D eigenvalue weighted by Crippen LogP contribution is -2.39. The molecule has 31 heavy (non-hydrogen) atoms. The van der Waals surface area contributed by atoms with E-state index in [0.29, 0.717) is 24.5 Å². The van der Waals surface area contributed by atoms with Crippen molar-refractivity contribution >= 4 is 17.6 Å². The Morgan fingerprint density at radius 2 is 1.61 bits per heavy atom. The van der Waals surface area contributed by atoms with Crippen LogP contribution in [0, 0.1) is 5.92 Å². The van der Waals surface area contributed by atoms with Crippen LogP contribution >= 0.6 is 11.6 Å². The Hall–Kier alpha value is -2.82. The number of hydrogen-bond donors (Lipinski definition) is 1. The predicted octanol–water partition coefficient (Wildman–Crippen LogP) is 5.81. The van der Waals surface area contributed by atoms with Crippen LogP contribution in [0.5, 0.6) is 5.75 Å². The second-order valence-corrected chi connectivity index (χ2v) is 8.35. The maximum Gasteiger partial charge on any atom is 0.306 e. The van der Waals surface area contributed by atoms with Crippen molar-refractivity contribution in [2.45, 2.75) is 25.5 Å². The zero-order chi connectivity index (χ0) is 21.6. The van der Waals surface area contributed by atoms with E-state index in [1.54, 1.807) is 0 Å². The van der Waals surface area contributed by atoms with E-state index >= 15 is 0 Å². The Morgan fingerprint density at radius 1 is 0.968 bits per heavy atom. The first-order valence-corrected chi connectivity index (χ1v) is 11.0. The van der Waals surface area contributed by atoms with Crippen molar-refractivity contribution in [2.24, 2.45) is 5.92 Å². The van der Waals surface area contributed by atoms with Crippen LogP contribution < -0.4 is 4.74 Å². The van der Waals surface area contributed by atoms with E-state index in [4.69, 9.17) is 16.3 Å². The fourth-order valence-electron chi connectivity index (χ4n) is 4.21. The third kappa shape index (κ3) is 5.27. The Morgan fingerprint density at radius 3 is 2.29 bits per heavy atom. The minimum atomic E-state index is -0.700. The van der Waals surface area contributed by atoms with Crippen molar-refractivity contribution in [1.29, 1.82) is 0 Å². The van der Waals surface area contributed by atoms with Crippen LogP contribution in [0.3, 0.4) is 0 Å². The van der Waals surface area contributed by atoms with E-state index in [-0.39, 0.29) is 12.0 Å². The lowest BCUT2D eigenvalue weighted by atomic mass is 9.91. The Balaban J connectivity index is 1.64. The van der Waals surface area contributed by atoms with Crippen LogP contribution in [0.2, 0.25) is 5.02 Å². The van der Waals surface area contributed by atoms with Crippen LogP contribution in [-0.2, 0) is 11.4 Å². The zero-order valence-corrected chi connectivity index (χ0v) is 18.0. The average molecular weight is 436 g/mol. The molecule has 5 heteroatoms. The van der Waals surface area contributed by atoms with E-state index in [1.165, 1.54) is 0 Å². The summed E-state index contributed by atoms with van der Waals surface area (Å²) in [6.07, 6.45) is 1.29. The van der Waals surface area contributed by atoms with Crippen molar-refractivity contribution in [3.8, 4) is 5.75 Å². The molecule has 1 atom stereocenters. The number of hydrogen-bond acceptors (Lipinski definition) is 3. The average Bonchev–Trinajstić information content (AvgIpc) is 2.81. The van der Waals surface area contributed by atoms with Gasteiger partial charge in [-0.3, -0.25) is 9.69 Å². The van der Waals surface area contributed by atoms with Gasteiger partial charge in [0.05, 0.1) is 12.0 Å². The summed E-state index contributed by atoms with van der Waals surface area (Å²) >= 11 is 6.15.